The van der Waals surface area contributed by atoms with Gasteiger partial charge in [-0.25, -0.2) is 0 Å². The van der Waals surface area contributed by atoms with E-state index in [9.17, 15) is 0 Å². The van der Waals surface area contributed by atoms with Gasteiger partial charge in [-0.3, -0.25) is 0 Å². The van der Waals surface area contributed by atoms with Crippen LogP contribution in [0.4, 0.5) is 0 Å². The van der Waals surface area contributed by atoms with E-state index in [1.165, 1.54) is 51.4 Å². The minimum atomic E-state index is -0.562. The van der Waals surface area contributed by atoms with Crippen molar-refractivity contribution in [1.29, 1.82) is 0 Å². The molecule has 0 aromatic carbocycles. The lowest BCUT2D eigenvalue weighted by Gasteiger charge is -2.28. The zero-order valence-electron chi connectivity index (χ0n) is 12.9. The van der Waals surface area contributed by atoms with Crippen LogP contribution in [0.15, 0.2) is 0 Å². The molecule has 0 heterocycles. The Bertz CT molecular complexity index is 122. The monoisotopic (exact) mass is 291 g/mol. The average molecular weight is 292 g/mol. The molecule has 0 unspecified atom stereocenters. The molecule has 0 saturated heterocycles. The van der Waals surface area contributed by atoms with Crippen molar-refractivity contribution in [2.45, 2.75) is 79.1 Å². The van der Waals surface area contributed by atoms with Crippen LogP contribution in [0.5, 0.6) is 0 Å². The minimum Gasteiger partial charge on any atom is -0.0652 e. The van der Waals surface area contributed by atoms with E-state index in [0.717, 1.165) is 0 Å². The standard InChI is InChI=1S/C16H36P.H4Si/c1-5-9-13-17(14-10-6-2,15-11-7-3)16-12-8-4;/h5-16H2,1-4H3;1H4/q+1;. The lowest BCUT2D eigenvalue weighted by Crippen LogP contribution is -2.12. The van der Waals surface area contributed by atoms with Crippen molar-refractivity contribution in [3.8, 4) is 0 Å². The van der Waals surface area contributed by atoms with Crippen LogP contribution in [0.2, 0.25) is 0 Å². The summed E-state index contributed by atoms with van der Waals surface area (Å²) in [5, 5.41) is 0. The Morgan fingerprint density at radius 3 is 0.889 bits per heavy atom. The van der Waals surface area contributed by atoms with Gasteiger partial charge in [-0.1, -0.05) is 53.4 Å². The zero-order valence-corrected chi connectivity index (χ0v) is 13.8. The van der Waals surface area contributed by atoms with Crippen LogP contribution in [0, 0.1) is 0 Å². The van der Waals surface area contributed by atoms with Crippen LogP contribution >= 0.6 is 7.26 Å². The molecule has 0 aliphatic rings. The number of rotatable bonds is 12. The van der Waals surface area contributed by atoms with Gasteiger partial charge in [0.15, 0.2) is 0 Å². The summed E-state index contributed by atoms with van der Waals surface area (Å²) in [4.78, 5) is 0. The van der Waals surface area contributed by atoms with Gasteiger partial charge in [0.25, 0.3) is 0 Å². The molecule has 0 aromatic rings. The Balaban J connectivity index is 0. The maximum atomic E-state index is 2.36. The summed E-state index contributed by atoms with van der Waals surface area (Å²) >= 11 is 0. The fraction of sp³-hybridized carbons (Fsp3) is 1.00. The predicted molar refractivity (Wildman–Crippen MR) is 97.4 cm³/mol. The molecule has 0 amide bonds. The lowest BCUT2D eigenvalue weighted by atomic mass is 10.4. The van der Waals surface area contributed by atoms with E-state index in [-0.39, 0.29) is 11.0 Å². The van der Waals surface area contributed by atoms with Gasteiger partial charge in [0.05, 0.1) is 24.6 Å². The summed E-state index contributed by atoms with van der Waals surface area (Å²) in [6, 6.07) is 0. The van der Waals surface area contributed by atoms with Gasteiger partial charge < -0.3 is 0 Å². The second-order valence-electron chi connectivity index (χ2n) is 5.65. The number of hydrogen-bond donors (Lipinski definition) is 0. The van der Waals surface area contributed by atoms with E-state index in [1.54, 1.807) is 24.6 Å². The fourth-order valence-corrected chi connectivity index (χ4v) is 7.93. The van der Waals surface area contributed by atoms with E-state index in [2.05, 4.69) is 27.7 Å². The summed E-state index contributed by atoms with van der Waals surface area (Å²) in [6.07, 6.45) is 17.9. The summed E-state index contributed by atoms with van der Waals surface area (Å²) < 4.78 is 0. The van der Waals surface area contributed by atoms with Crippen LogP contribution < -0.4 is 0 Å². The Hall–Kier alpha value is 0.647. The quantitative estimate of drug-likeness (QED) is 0.359. The minimum absolute atomic E-state index is 0. The van der Waals surface area contributed by atoms with Gasteiger partial charge in [0.1, 0.15) is 0 Å². The lowest BCUT2D eigenvalue weighted by molar-refractivity contribution is 0.814. The van der Waals surface area contributed by atoms with Crippen LogP contribution in [0.3, 0.4) is 0 Å². The molecule has 0 aliphatic heterocycles. The summed E-state index contributed by atoms with van der Waals surface area (Å²) in [7, 11) is -0.562. The first-order valence-corrected chi connectivity index (χ1v) is 10.6. The maximum absolute atomic E-state index is 2.36. The molecule has 0 bridgehead atoms. The van der Waals surface area contributed by atoms with Crippen molar-refractivity contribution in [3.63, 3.8) is 0 Å². The highest BCUT2D eigenvalue weighted by molar-refractivity contribution is 7.75. The highest BCUT2D eigenvalue weighted by atomic mass is 31.2. The summed E-state index contributed by atoms with van der Waals surface area (Å²) in [6.45, 7) is 9.42. The Kier molecular flexibility index (Phi) is 16.4. The molecule has 0 nitrogen and oxygen atoms in total. The van der Waals surface area contributed by atoms with Crippen molar-refractivity contribution < 1.29 is 0 Å². The first-order chi connectivity index (χ1) is 8.24. The van der Waals surface area contributed by atoms with E-state index < -0.39 is 7.26 Å². The van der Waals surface area contributed by atoms with Gasteiger partial charge in [-0.2, -0.15) is 0 Å². The van der Waals surface area contributed by atoms with Crippen LogP contribution in [-0.4, -0.2) is 35.6 Å². The van der Waals surface area contributed by atoms with Gasteiger partial charge in [0, 0.05) is 7.26 Å². The molecule has 0 aliphatic carbocycles. The van der Waals surface area contributed by atoms with Gasteiger partial charge >= 0.3 is 0 Å². The molecule has 0 spiro atoms. The van der Waals surface area contributed by atoms with Gasteiger partial charge in [0.2, 0.25) is 0 Å². The smallest absolute Gasteiger partial charge is 0.0594 e. The molecule has 112 valence electrons. The van der Waals surface area contributed by atoms with Crippen LogP contribution in [0.25, 0.3) is 0 Å². The molecule has 0 fully saturated rings. The first kappa shape index (κ1) is 21.0. The van der Waals surface area contributed by atoms with Gasteiger partial charge in [-0.05, 0) is 36.6 Å². The molecule has 18 heavy (non-hydrogen) atoms. The summed E-state index contributed by atoms with van der Waals surface area (Å²) in [5.74, 6) is 0. The van der Waals surface area contributed by atoms with Crippen molar-refractivity contribution >= 4 is 18.2 Å². The first-order valence-electron chi connectivity index (χ1n) is 8.09. The molecule has 0 N–H and O–H groups in total. The summed E-state index contributed by atoms with van der Waals surface area (Å²) in [5.41, 5.74) is 0. The average Bonchev–Trinajstić information content (AvgIpc) is 2.37. The predicted octanol–water partition coefficient (Wildman–Crippen LogP) is 4.75. The van der Waals surface area contributed by atoms with E-state index in [4.69, 9.17) is 0 Å². The third-order valence-corrected chi connectivity index (χ3v) is 9.00. The highest BCUT2D eigenvalue weighted by Crippen LogP contribution is 2.61. The zero-order chi connectivity index (χ0) is 13.0. The Labute approximate surface area is 122 Å². The molecule has 0 aromatic heterocycles. The van der Waals surface area contributed by atoms with Crippen LogP contribution in [0.1, 0.15) is 79.1 Å². The second kappa shape index (κ2) is 14.1. The second-order valence-corrected chi connectivity index (χ2v) is 10.1. The highest BCUT2D eigenvalue weighted by Gasteiger charge is 2.34. The molecule has 0 radical (unpaired) electrons. The topological polar surface area (TPSA) is 0 Å². The van der Waals surface area contributed by atoms with E-state index >= 15 is 0 Å². The number of unbranched alkanes of at least 4 members (excludes halogenated alkanes) is 4. The maximum Gasteiger partial charge on any atom is 0.0594 e. The third kappa shape index (κ3) is 9.56. The molecule has 0 saturated carbocycles. The Morgan fingerprint density at radius 1 is 0.500 bits per heavy atom. The molecular formula is C16H40PSi+. The number of hydrogen-bond acceptors (Lipinski definition) is 0. The largest absolute Gasteiger partial charge is 0.0652 e. The molecule has 2 heteroatoms. The SMILES string of the molecule is CCCC[P+](CCCC)(CCCC)CCCC.[SiH4]. The van der Waals surface area contributed by atoms with Crippen molar-refractivity contribution in [2.24, 2.45) is 0 Å². The van der Waals surface area contributed by atoms with E-state index in [0.29, 0.717) is 0 Å². The third-order valence-electron chi connectivity index (χ3n) is 3.94. The van der Waals surface area contributed by atoms with E-state index in [1.807, 2.05) is 0 Å². The van der Waals surface area contributed by atoms with Crippen molar-refractivity contribution in [1.82, 2.24) is 0 Å². The van der Waals surface area contributed by atoms with Crippen LogP contribution in [-0.2, 0) is 0 Å². The molecular weight excluding hydrogens is 251 g/mol. The molecule has 0 rings (SSSR count). The van der Waals surface area contributed by atoms with Gasteiger partial charge in [-0.15, -0.1) is 0 Å². The normalized spacial score (nSPS) is 11.3. The van der Waals surface area contributed by atoms with Crippen molar-refractivity contribution in [2.75, 3.05) is 24.6 Å². The fourth-order valence-electron chi connectivity index (χ4n) is 2.64. The Morgan fingerprint density at radius 2 is 0.722 bits per heavy atom. The molecule has 0 atom stereocenters. The van der Waals surface area contributed by atoms with Crippen molar-refractivity contribution in [3.05, 3.63) is 0 Å².